The van der Waals surface area contributed by atoms with E-state index in [4.69, 9.17) is 4.74 Å². The van der Waals surface area contributed by atoms with Crippen LogP contribution >= 0.6 is 0 Å². The number of carbonyl (C=O) groups is 1. The molecule has 0 aliphatic carbocycles. The monoisotopic (exact) mass is 230 g/mol. The van der Waals surface area contributed by atoms with Crippen molar-refractivity contribution in [3.8, 4) is 0 Å². The fraction of sp³-hybridized carbons (Fsp3) is 0.909. The fourth-order valence-electron chi connectivity index (χ4n) is 2.23. The number of amides is 1. The highest BCUT2D eigenvalue weighted by Gasteiger charge is 2.41. The molecule has 1 saturated heterocycles. The summed E-state index contributed by atoms with van der Waals surface area (Å²) in [6.45, 7) is 5.41. The molecule has 1 aliphatic rings. The lowest BCUT2D eigenvalue weighted by Crippen LogP contribution is -2.63. The van der Waals surface area contributed by atoms with Crippen LogP contribution in [-0.4, -0.2) is 42.5 Å². The first kappa shape index (κ1) is 13.4. The minimum absolute atomic E-state index is 0.0199. The van der Waals surface area contributed by atoms with Crippen LogP contribution in [0.3, 0.4) is 0 Å². The van der Waals surface area contributed by atoms with Gasteiger partial charge in [-0.1, -0.05) is 13.8 Å². The van der Waals surface area contributed by atoms with E-state index < -0.39 is 6.10 Å². The van der Waals surface area contributed by atoms with Gasteiger partial charge in [-0.3, -0.25) is 10.1 Å². The number of hydrogen-bond acceptors (Lipinski definition) is 4. The zero-order valence-electron chi connectivity index (χ0n) is 10.4. The van der Waals surface area contributed by atoms with E-state index in [2.05, 4.69) is 10.6 Å². The summed E-state index contributed by atoms with van der Waals surface area (Å²) in [5.74, 6) is -0.138. The third-order valence-electron chi connectivity index (χ3n) is 3.20. The van der Waals surface area contributed by atoms with Crippen molar-refractivity contribution in [1.82, 2.24) is 10.6 Å². The molecule has 5 nitrogen and oxygen atoms in total. The average Bonchev–Trinajstić information content (AvgIpc) is 2.25. The van der Waals surface area contributed by atoms with Gasteiger partial charge in [0.2, 0.25) is 5.91 Å². The largest absolute Gasteiger partial charge is 0.390 e. The Hall–Kier alpha value is -0.650. The van der Waals surface area contributed by atoms with Gasteiger partial charge in [0.25, 0.3) is 0 Å². The fourth-order valence-corrected chi connectivity index (χ4v) is 2.23. The highest BCUT2D eigenvalue weighted by molar-refractivity contribution is 5.73. The molecule has 5 heteroatoms. The molecule has 0 radical (unpaired) electrons. The molecule has 1 fully saturated rings. The van der Waals surface area contributed by atoms with E-state index in [-0.39, 0.29) is 30.2 Å². The van der Waals surface area contributed by atoms with Gasteiger partial charge in [0.15, 0.2) is 0 Å². The van der Waals surface area contributed by atoms with Crippen LogP contribution in [0.4, 0.5) is 0 Å². The van der Waals surface area contributed by atoms with E-state index in [9.17, 15) is 9.90 Å². The zero-order chi connectivity index (χ0) is 12.3. The number of aliphatic hydroxyl groups is 1. The van der Waals surface area contributed by atoms with Gasteiger partial charge in [0, 0.05) is 12.8 Å². The molecule has 5 unspecified atom stereocenters. The van der Waals surface area contributed by atoms with Gasteiger partial charge in [0.05, 0.1) is 18.2 Å². The molecule has 0 saturated carbocycles. The van der Waals surface area contributed by atoms with Crippen molar-refractivity contribution in [2.45, 2.75) is 51.7 Å². The number of likely N-dealkylation sites (N-methyl/N-ethyl adjacent to an activating group) is 1. The highest BCUT2D eigenvalue weighted by atomic mass is 16.5. The average molecular weight is 230 g/mol. The lowest BCUT2D eigenvalue weighted by Gasteiger charge is -2.43. The Morgan fingerprint density at radius 3 is 2.56 bits per heavy atom. The molecule has 0 aromatic carbocycles. The second-order valence-corrected chi connectivity index (χ2v) is 4.37. The van der Waals surface area contributed by atoms with Gasteiger partial charge >= 0.3 is 0 Å². The lowest BCUT2D eigenvalue weighted by atomic mass is 9.87. The second kappa shape index (κ2) is 5.61. The maximum atomic E-state index is 11.1. The van der Waals surface area contributed by atoms with E-state index in [1.165, 1.54) is 6.92 Å². The lowest BCUT2D eigenvalue weighted by molar-refractivity contribution is -0.163. The van der Waals surface area contributed by atoms with Gasteiger partial charge in [-0.2, -0.15) is 0 Å². The van der Waals surface area contributed by atoms with E-state index in [0.717, 1.165) is 6.42 Å². The molecular formula is C11H22N2O3. The Bertz CT molecular complexity index is 245. The minimum atomic E-state index is -0.583. The summed E-state index contributed by atoms with van der Waals surface area (Å²) >= 11 is 0. The van der Waals surface area contributed by atoms with Crippen LogP contribution in [0.5, 0.6) is 0 Å². The first-order valence-electron chi connectivity index (χ1n) is 5.79. The van der Waals surface area contributed by atoms with Gasteiger partial charge < -0.3 is 15.2 Å². The van der Waals surface area contributed by atoms with E-state index >= 15 is 0 Å². The maximum absolute atomic E-state index is 11.1. The van der Waals surface area contributed by atoms with Crippen molar-refractivity contribution in [1.29, 1.82) is 0 Å². The first-order valence-corrected chi connectivity index (χ1v) is 5.79. The second-order valence-electron chi connectivity index (χ2n) is 4.37. The third-order valence-corrected chi connectivity index (χ3v) is 3.20. The molecule has 0 aromatic rings. The van der Waals surface area contributed by atoms with Crippen molar-refractivity contribution in [2.24, 2.45) is 5.92 Å². The molecular weight excluding hydrogens is 208 g/mol. The van der Waals surface area contributed by atoms with Crippen molar-refractivity contribution >= 4 is 5.91 Å². The first-order chi connectivity index (χ1) is 7.51. The molecule has 5 atom stereocenters. The summed E-state index contributed by atoms with van der Waals surface area (Å²) in [4.78, 5) is 11.1. The van der Waals surface area contributed by atoms with Crippen LogP contribution in [0, 0.1) is 5.92 Å². The molecule has 0 spiro atoms. The van der Waals surface area contributed by atoms with Crippen LogP contribution < -0.4 is 10.6 Å². The Kier molecular flexibility index (Phi) is 4.70. The summed E-state index contributed by atoms with van der Waals surface area (Å²) in [6.07, 6.45) is -0.0408. The maximum Gasteiger partial charge on any atom is 0.217 e. The Balaban J connectivity index is 2.77. The van der Waals surface area contributed by atoms with Crippen molar-refractivity contribution < 1.29 is 14.6 Å². The molecule has 3 N–H and O–H groups in total. The summed E-state index contributed by atoms with van der Waals surface area (Å²) in [5.41, 5.74) is 0. The molecule has 1 amide bonds. The molecule has 1 heterocycles. The van der Waals surface area contributed by atoms with Crippen molar-refractivity contribution in [3.63, 3.8) is 0 Å². The van der Waals surface area contributed by atoms with Crippen LogP contribution in [-0.2, 0) is 9.53 Å². The van der Waals surface area contributed by atoms with E-state index in [0.29, 0.717) is 0 Å². The standard InChI is InChI=1S/C11H22N2O3/c1-5-8-6(2)10(15)9(13-7(3)14)11(12-4)16-8/h6,8-12,15H,5H2,1-4H3,(H,13,14). The summed E-state index contributed by atoms with van der Waals surface area (Å²) in [7, 11) is 1.76. The third kappa shape index (κ3) is 2.72. The minimum Gasteiger partial charge on any atom is -0.390 e. The van der Waals surface area contributed by atoms with Gasteiger partial charge in [0.1, 0.15) is 6.23 Å². The zero-order valence-corrected chi connectivity index (χ0v) is 10.4. The molecule has 1 aliphatic heterocycles. The molecule has 1 rings (SSSR count). The predicted molar refractivity (Wildman–Crippen MR) is 60.8 cm³/mol. The normalized spacial score (nSPS) is 39.4. The Labute approximate surface area is 96.6 Å². The summed E-state index contributed by atoms with van der Waals surface area (Å²) in [6, 6.07) is -0.389. The number of aliphatic hydroxyl groups excluding tert-OH is 1. The number of carbonyl (C=O) groups excluding carboxylic acids is 1. The van der Waals surface area contributed by atoms with Crippen LogP contribution in [0.1, 0.15) is 27.2 Å². The van der Waals surface area contributed by atoms with Crippen molar-refractivity contribution in [3.05, 3.63) is 0 Å². The number of hydrogen-bond donors (Lipinski definition) is 3. The molecule has 0 aromatic heterocycles. The molecule has 0 bridgehead atoms. The number of ether oxygens (including phenoxy) is 1. The predicted octanol–water partition coefficient (Wildman–Crippen LogP) is -0.158. The van der Waals surface area contributed by atoms with Crippen LogP contribution in [0.2, 0.25) is 0 Å². The van der Waals surface area contributed by atoms with Crippen molar-refractivity contribution in [2.75, 3.05) is 7.05 Å². The molecule has 94 valence electrons. The number of rotatable bonds is 3. The highest BCUT2D eigenvalue weighted by Crippen LogP contribution is 2.26. The summed E-state index contributed by atoms with van der Waals surface area (Å²) in [5, 5.41) is 15.9. The quantitative estimate of drug-likeness (QED) is 0.630. The number of nitrogens with one attached hydrogen (secondary N) is 2. The smallest absolute Gasteiger partial charge is 0.217 e. The summed E-state index contributed by atoms with van der Waals surface area (Å²) < 4.78 is 5.80. The molecule has 16 heavy (non-hydrogen) atoms. The SMILES string of the molecule is CCC1OC(NC)C(NC(C)=O)C(O)C1C. The van der Waals surface area contributed by atoms with E-state index in [1.807, 2.05) is 13.8 Å². The van der Waals surface area contributed by atoms with Gasteiger partial charge in [-0.25, -0.2) is 0 Å². The topological polar surface area (TPSA) is 70.6 Å². The van der Waals surface area contributed by atoms with Crippen LogP contribution in [0.25, 0.3) is 0 Å². The Morgan fingerprint density at radius 1 is 1.50 bits per heavy atom. The van der Waals surface area contributed by atoms with Crippen LogP contribution in [0.15, 0.2) is 0 Å². The van der Waals surface area contributed by atoms with Gasteiger partial charge in [-0.15, -0.1) is 0 Å². The van der Waals surface area contributed by atoms with Gasteiger partial charge in [-0.05, 0) is 13.5 Å². The Morgan fingerprint density at radius 2 is 2.12 bits per heavy atom. The van der Waals surface area contributed by atoms with E-state index in [1.54, 1.807) is 7.05 Å².